The second-order valence-corrected chi connectivity index (χ2v) is 9.02. The molecule has 4 heterocycles. The molecule has 0 atom stereocenters. The fourth-order valence-corrected chi connectivity index (χ4v) is 3.90. The van der Waals surface area contributed by atoms with E-state index in [1.807, 2.05) is 44.0 Å². The molecule has 0 unspecified atom stereocenters. The van der Waals surface area contributed by atoms with Gasteiger partial charge in [-0.2, -0.15) is 15.5 Å². The Balaban J connectivity index is 1.63. The van der Waals surface area contributed by atoms with E-state index in [2.05, 4.69) is 34.2 Å². The molecule has 1 aliphatic heterocycles. The minimum Gasteiger partial charge on any atom is -0.444 e. The Labute approximate surface area is 187 Å². The Bertz CT molecular complexity index is 1160. The van der Waals surface area contributed by atoms with Crippen molar-refractivity contribution in [3.63, 3.8) is 0 Å². The maximum Gasteiger partial charge on any atom is 0.410 e. The SMILES string of the molecule is CCCn1cc(-c2cc(N3CCN(C(=O)OC(C)(C)C)CC3)c3c(C#N)cnn3c2)cn1. The number of ether oxygens (including phenoxy) is 1. The van der Waals surface area contributed by atoms with Gasteiger partial charge in [0.1, 0.15) is 17.2 Å². The van der Waals surface area contributed by atoms with Gasteiger partial charge in [-0.25, -0.2) is 9.31 Å². The molecule has 3 aromatic rings. The molecule has 0 radical (unpaired) electrons. The summed E-state index contributed by atoms with van der Waals surface area (Å²) in [5.74, 6) is 0. The molecule has 0 aliphatic carbocycles. The fraction of sp³-hybridized carbons (Fsp3) is 0.478. The van der Waals surface area contributed by atoms with Crippen molar-refractivity contribution in [1.29, 1.82) is 5.26 Å². The van der Waals surface area contributed by atoms with Gasteiger partial charge < -0.3 is 14.5 Å². The topological polar surface area (TPSA) is 91.7 Å². The molecule has 168 valence electrons. The largest absolute Gasteiger partial charge is 0.444 e. The van der Waals surface area contributed by atoms with Crippen molar-refractivity contribution in [2.24, 2.45) is 0 Å². The summed E-state index contributed by atoms with van der Waals surface area (Å²) >= 11 is 0. The van der Waals surface area contributed by atoms with E-state index in [1.54, 1.807) is 15.6 Å². The lowest BCUT2D eigenvalue weighted by molar-refractivity contribution is 0.0240. The highest BCUT2D eigenvalue weighted by Crippen LogP contribution is 2.31. The van der Waals surface area contributed by atoms with Gasteiger partial charge in [0.25, 0.3) is 0 Å². The van der Waals surface area contributed by atoms with Crippen LogP contribution in [0.4, 0.5) is 10.5 Å². The Kier molecular flexibility index (Phi) is 5.78. The smallest absolute Gasteiger partial charge is 0.410 e. The van der Waals surface area contributed by atoms with Crippen LogP contribution in [0.2, 0.25) is 0 Å². The molecule has 9 heteroatoms. The van der Waals surface area contributed by atoms with Gasteiger partial charge in [0.15, 0.2) is 0 Å². The van der Waals surface area contributed by atoms with Crippen molar-refractivity contribution < 1.29 is 9.53 Å². The molecule has 1 aliphatic rings. The average Bonchev–Trinajstić information content (AvgIpc) is 3.39. The summed E-state index contributed by atoms with van der Waals surface area (Å²) in [5, 5.41) is 18.5. The summed E-state index contributed by atoms with van der Waals surface area (Å²) in [4.78, 5) is 16.4. The predicted molar refractivity (Wildman–Crippen MR) is 121 cm³/mol. The number of rotatable bonds is 4. The maximum atomic E-state index is 12.4. The highest BCUT2D eigenvalue weighted by Gasteiger charge is 2.27. The van der Waals surface area contributed by atoms with E-state index in [-0.39, 0.29) is 6.09 Å². The molecule has 0 saturated carbocycles. The molecule has 1 saturated heterocycles. The lowest BCUT2D eigenvalue weighted by atomic mass is 10.1. The fourth-order valence-electron chi connectivity index (χ4n) is 3.90. The number of nitrogens with zero attached hydrogens (tertiary/aromatic N) is 7. The number of hydrogen-bond donors (Lipinski definition) is 0. The first-order chi connectivity index (χ1) is 15.3. The van der Waals surface area contributed by atoms with Crippen LogP contribution in [0.15, 0.2) is 30.9 Å². The molecule has 9 nitrogen and oxygen atoms in total. The van der Waals surface area contributed by atoms with Crippen LogP contribution in [0.3, 0.4) is 0 Å². The number of nitriles is 1. The number of fused-ring (bicyclic) bond motifs is 1. The Morgan fingerprint density at radius 2 is 1.88 bits per heavy atom. The highest BCUT2D eigenvalue weighted by atomic mass is 16.6. The minimum atomic E-state index is -0.518. The average molecular weight is 436 g/mol. The number of hydrogen-bond acceptors (Lipinski definition) is 6. The summed E-state index contributed by atoms with van der Waals surface area (Å²) < 4.78 is 9.21. The van der Waals surface area contributed by atoms with E-state index in [1.165, 1.54) is 0 Å². The first-order valence-corrected chi connectivity index (χ1v) is 11.0. The third kappa shape index (κ3) is 4.40. The molecule has 0 bridgehead atoms. The molecule has 3 aromatic heterocycles. The van der Waals surface area contributed by atoms with Gasteiger partial charge in [-0.1, -0.05) is 6.92 Å². The zero-order chi connectivity index (χ0) is 22.9. The van der Waals surface area contributed by atoms with Crippen LogP contribution < -0.4 is 4.90 Å². The van der Waals surface area contributed by atoms with Gasteiger partial charge in [0.05, 0.1) is 23.6 Å². The highest BCUT2D eigenvalue weighted by molar-refractivity contribution is 5.83. The molecule has 0 N–H and O–H groups in total. The van der Waals surface area contributed by atoms with Crippen molar-refractivity contribution in [3.8, 4) is 17.2 Å². The first-order valence-electron chi connectivity index (χ1n) is 11.0. The van der Waals surface area contributed by atoms with Crippen molar-refractivity contribution in [2.45, 2.75) is 46.3 Å². The molecule has 0 aromatic carbocycles. The molecule has 1 amide bonds. The Hall–Kier alpha value is -3.54. The molecule has 1 fully saturated rings. The number of aryl methyl sites for hydroxylation is 1. The van der Waals surface area contributed by atoms with E-state index in [0.29, 0.717) is 31.7 Å². The van der Waals surface area contributed by atoms with E-state index in [0.717, 1.165) is 35.3 Å². The van der Waals surface area contributed by atoms with Crippen LogP contribution in [-0.2, 0) is 11.3 Å². The third-order valence-electron chi connectivity index (χ3n) is 5.40. The number of carbonyl (C=O) groups is 1. The molecule has 4 rings (SSSR count). The maximum absolute atomic E-state index is 12.4. The quantitative estimate of drug-likeness (QED) is 0.622. The summed E-state index contributed by atoms with van der Waals surface area (Å²) in [7, 11) is 0. The number of anilines is 1. The van der Waals surface area contributed by atoms with Crippen LogP contribution in [0.25, 0.3) is 16.6 Å². The zero-order valence-electron chi connectivity index (χ0n) is 19.1. The molecular formula is C23H29N7O2. The van der Waals surface area contributed by atoms with Crippen LogP contribution >= 0.6 is 0 Å². The van der Waals surface area contributed by atoms with E-state index < -0.39 is 5.60 Å². The number of carbonyl (C=O) groups excluding carboxylic acids is 1. The number of pyridine rings is 1. The normalized spacial score (nSPS) is 14.6. The number of amides is 1. The second kappa shape index (κ2) is 8.54. The zero-order valence-corrected chi connectivity index (χ0v) is 19.1. The van der Waals surface area contributed by atoms with Gasteiger partial charge in [0.2, 0.25) is 0 Å². The van der Waals surface area contributed by atoms with Gasteiger partial charge in [-0.05, 0) is 33.3 Å². The van der Waals surface area contributed by atoms with Crippen molar-refractivity contribution >= 4 is 17.3 Å². The lowest BCUT2D eigenvalue weighted by Gasteiger charge is -2.37. The Morgan fingerprint density at radius 3 is 2.53 bits per heavy atom. The predicted octanol–water partition coefficient (Wildman–Crippen LogP) is 3.54. The van der Waals surface area contributed by atoms with Crippen molar-refractivity contribution in [3.05, 3.63) is 36.4 Å². The summed E-state index contributed by atoms with van der Waals surface area (Å²) in [6, 6.07) is 4.34. The summed E-state index contributed by atoms with van der Waals surface area (Å²) in [5.41, 5.74) is 3.71. The lowest BCUT2D eigenvalue weighted by Crippen LogP contribution is -2.50. The van der Waals surface area contributed by atoms with Gasteiger partial charge in [0, 0.05) is 56.2 Å². The van der Waals surface area contributed by atoms with Crippen LogP contribution in [-0.4, -0.2) is 62.2 Å². The summed E-state index contributed by atoms with van der Waals surface area (Å²) in [6.45, 7) is 11.0. The first kappa shape index (κ1) is 21.7. The number of aromatic nitrogens is 4. The number of piperazine rings is 1. The second-order valence-electron chi connectivity index (χ2n) is 9.02. The standard InChI is InChI=1S/C23H29N7O2/c1-5-6-29-15-19(14-25-29)17-11-20(21-18(12-24)13-26-30(21)16-17)27-7-9-28(10-8-27)22(31)32-23(2,3)4/h11,13-16H,5-10H2,1-4H3. The molecule has 32 heavy (non-hydrogen) atoms. The van der Waals surface area contributed by atoms with E-state index >= 15 is 0 Å². The van der Waals surface area contributed by atoms with Crippen LogP contribution in [0.5, 0.6) is 0 Å². The van der Waals surface area contributed by atoms with Crippen LogP contribution in [0, 0.1) is 11.3 Å². The van der Waals surface area contributed by atoms with Gasteiger partial charge >= 0.3 is 6.09 Å². The monoisotopic (exact) mass is 435 g/mol. The summed E-state index contributed by atoms with van der Waals surface area (Å²) in [6.07, 6.45) is 8.14. The molecular weight excluding hydrogens is 406 g/mol. The van der Waals surface area contributed by atoms with Crippen molar-refractivity contribution in [2.75, 3.05) is 31.1 Å². The minimum absolute atomic E-state index is 0.290. The Morgan fingerprint density at radius 1 is 1.12 bits per heavy atom. The van der Waals surface area contributed by atoms with E-state index in [9.17, 15) is 10.1 Å². The van der Waals surface area contributed by atoms with E-state index in [4.69, 9.17) is 4.74 Å². The third-order valence-corrected chi connectivity index (χ3v) is 5.40. The van der Waals surface area contributed by atoms with Gasteiger partial charge in [-0.15, -0.1) is 0 Å². The molecule has 0 spiro atoms. The van der Waals surface area contributed by atoms with Crippen molar-refractivity contribution in [1.82, 2.24) is 24.3 Å². The van der Waals surface area contributed by atoms with Gasteiger partial charge in [-0.3, -0.25) is 4.68 Å². The van der Waals surface area contributed by atoms with Crippen LogP contribution in [0.1, 0.15) is 39.7 Å².